The van der Waals surface area contributed by atoms with Gasteiger partial charge in [-0.15, -0.1) is 24.0 Å². The van der Waals surface area contributed by atoms with E-state index in [0.29, 0.717) is 5.92 Å². The van der Waals surface area contributed by atoms with Crippen LogP contribution in [-0.4, -0.2) is 31.1 Å². The molecule has 0 aliphatic heterocycles. The lowest BCUT2D eigenvalue weighted by atomic mass is 10.1. The van der Waals surface area contributed by atoms with Crippen molar-refractivity contribution in [2.75, 3.05) is 20.1 Å². The lowest BCUT2D eigenvalue weighted by molar-refractivity contribution is 0.700. The summed E-state index contributed by atoms with van der Waals surface area (Å²) in [7, 11) is 1.82. The number of para-hydroxylation sites is 1. The average Bonchev–Trinajstić information content (AvgIpc) is 3.26. The van der Waals surface area contributed by atoms with Gasteiger partial charge in [0.1, 0.15) is 0 Å². The molecule has 0 aliphatic carbocycles. The molecule has 0 fully saturated rings. The summed E-state index contributed by atoms with van der Waals surface area (Å²) in [6.07, 6.45) is 0.969. The number of guanidine groups is 1. The first kappa shape index (κ1) is 20.8. The van der Waals surface area contributed by atoms with Crippen molar-refractivity contribution in [2.45, 2.75) is 26.2 Å². The predicted octanol–water partition coefficient (Wildman–Crippen LogP) is 4.67. The van der Waals surface area contributed by atoms with Crippen molar-refractivity contribution in [3.05, 3.63) is 57.9 Å². The quantitative estimate of drug-likeness (QED) is 0.272. The lowest BCUT2D eigenvalue weighted by Crippen LogP contribution is -2.39. The summed E-state index contributed by atoms with van der Waals surface area (Å²) in [5, 5.41) is 12.5. The van der Waals surface area contributed by atoms with Gasteiger partial charge in [-0.3, -0.25) is 4.99 Å². The van der Waals surface area contributed by atoms with Crippen LogP contribution in [0.25, 0.3) is 10.9 Å². The van der Waals surface area contributed by atoms with E-state index >= 15 is 0 Å². The molecule has 1 atom stereocenters. The Labute approximate surface area is 176 Å². The maximum Gasteiger partial charge on any atom is 0.191 e. The van der Waals surface area contributed by atoms with Crippen LogP contribution in [0.5, 0.6) is 0 Å². The van der Waals surface area contributed by atoms with Gasteiger partial charge in [-0.1, -0.05) is 25.1 Å². The predicted molar refractivity (Wildman–Crippen MR) is 124 cm³/mol. The summed E-state index contributed by atoms with van der Waals surface area (Å²) in [5.74, 6) is 1.33. The van der Waals surface area contributed by atoms with E-state index in [0.717, 1.165) is 25.5 Å². The topological polar surface area (TPSA) is 52.2 Å². The molecule has 0 spiro atoms. The van der Waals surface area contributed by atoms with Gasteiger partial charge in [-0.05, 0) is 53.3 Å². The maximum absolute atomic E-state index is 4.33. The molecule has 0 amide bonds. The van der Waals surface area contributed by atoms with Crippen molar-refractivity contribution in [3.8, 4) is 0 Å². The number of hydrogen-bond acceptors (Lipinski definition) is 2. The van der Waals surface area contributed by atoms with E-state index in [-0.39, 0.29) is 24.0 Å². The van der Waals surface area contributed by atoms with Crippen LogP contribution < -0.4 is 10.6 Å². The molecular formula is C20H27IN4S. The number of aliphatic imine (C=N–C) groups is 1. The number of fused-ring (bicyclic) bond motifs is 1. The Morgan fingerprint density at radius 2 is 2.04 bits per heavy atom. The summed E-state index contributed by atoms with van der Waals surface area (Å²) in [6, 6.07) is 10.7. The SMILES string of the molecule is CN=C(NCCc1c(C)[nH]c2ccccc12)NCC(C)c1ccsc1.I. The number of aryl methyl sites for hydroxylation is 1. The molecule has 4 nitrogen and oxygen atoms in total. The van der Waals surface area contributed by atoms with Gasteiger partial charge in [0, 0.05) is 36.7 Å². The highest BCUT2D eigenvalue weighted by Crippen LogP contribution is 2.22. The fraction of sp³-hybridized carbons (Fsp3) is 0.350. The highest BCUT2D eigenvalue weighted by molar-refractivity contribution is 14.0. The fourth-order valence-corrected chi connectivity index (χ4v) is 3.89. The summed E-state index contributed by atoms with van der Waals surface area (Å²) >= 11 is 1.75. The second-order valence-electron chi connectivity index (χ2n) is 6.36. The number of nitrogens with one attached hydrogen (secondary N) is 3. The number of thiophene rings is 1. The highest BCUT2D eigenvalue weighted by Gasteiger charge is 2.09. The molecule has 26 heavy (non-hydrogen) atoms. The molecule has 0 bridgehead atoms. The molecule has 0 saturated carbocycles. The highest BCUT2D eigenvalue weighted by atomic mass is 127. The van der Waals surface area contributed by atoms with Gasteiger partial charge in [-0.25, -0.2) is 0 Å². The number of halogens is 1. The molecule has 1 unspecified atom stereocenters. The molecule has 2 heterocycles. The van der Waals surface area contributed by atoms with Crippen LogP contribution >= 0.6 is 35.3 Å². The fourth-order valence-electron chi connectivity index (χ4n) is 3.11. The minimum atomic E-state index is 0. The van der Waals surface area contributed by atoms with E-state index in [1.54, 1.807) is 11.3 Å². The Morgan fingerprint density at radius 3 is 2.77 bits per heavy atom. The molecule has 2 aromatic heterocycles. The average molecular weight is 482 g/mol. The van der Waals surface area contributed by atoms with Crippen LogP contribution in [0.3, 0.4) is 0 Å². The second kappa shape index (κ2) is 9.97. The number of nitrogens with zero attached hydrogens (tertiary/aromatic N) is 1. The minimum Gasteiger partial charge on any atom is -0.358 e. The Balaban J connectivity index is 0.00000243. The smallest absolute Gasteiger partial charge is 0.191 e. The number of aromatic amines is 1. The monoisotopic (exact) mass is 482 g/mol. The number of H-pyrrole nitrogens is 1. The van der Waals surface area contributed by atoms with Gasteiger partial charge < -0.3 is 15.6 Å². The van der Waals surface area contributed by atoms with Gasteiger partial charge in [-0.2, -0.15) is 11.3 Å². The van der Waals surface area contributed by atoms with Gasteiger partial charge in [0.2, 0.25) is 0 Å². The third-order valence-electron chi connectivity index (χ3n) is 4.61. The Bertz CT molecular complexity index is 839. The molecule has 1 aromatic carbocycles. The summed E-state index contributed by atoms with van der Waals surface area (Å²) in [6.45, 7) is 6.11. The normalized spacial score (nSPS) is 12.7. The van der Waals surface area contributed by atoms with Crippen LogP contribution in [0.1, 0.15) is 29.7 Å². The van der Waals surface area contributed by atoms with Crippen molar-refractivity contribution in [3.63, 3.8) is 0 Å². The van der Waals surface area contributed by atoms with Crippen molar-refractivity contribution in [2.24, 2.45) is 4.99 Å². The van der Waals surface area contributed by atoms with Gasteiger partial charge in [0.05, 0.1) is 0 Å². The maximum atomic E-state index is 4.33. The largest absolute Gasteiger partial charge is 0.358 e. The molecular weight excluding hydrogens is 455 g/mol. The first-order valence-corrected chi connectivity index (χ1v) is 9.66. The van der Waals surface area contributed by atoms with E-state index in [2.05, 4.69) is 75.5 Å². The van der Waals surface area contributed by atoms with Crippen LogP contribution in [0.4, 0.5) is 0 Å². The summed E-state index contributed by atoms with van der Waals surface area (Å²) < 4.78 is 0. The number of rotatable bonds is 6. The second-order valence-corrected chi connectivity index (χ2v) is 7.14. The van der Waals surface area contributed by atoms with Gasteiger partial charge in [0.25, 0.3) is 0 Å². The standard InChI is InChI=1S/C20H26N4S.HI/c1-14(16-9-11-25-13-16)12-23-20(21-3)22-10-8-17-15(2)24-19-7-5-4-6-18(17)19;/h4-7,9,11,13-14,24H,8,10,12H2,1-3H3,(H2,21,22,23);1H. The first-order valence-electron chi connectivity index (χ1n) is 8.72. The van der Waals surface area contributed by atoms with Crippen LogP contribution in [-0.2, 0) is 6.42 Å². The van der Waals surface area contributed by atoms with Crippen LogP contribution in [0, 0.1) is 6.92 Å². The zero-order valence-corrected chi connectivity index (χ0v) is 18.7. The zero-order chi connectivity index (χ0) is 17.6. The van der Waals surface area contributed by atoms with E-state index in [9.17, 15) is 0 Å². The summed E-state index contributed by atoms with van der Waals surface area (Å²) in [4.78, 5) is 7.80. The third-order valence-corrected chi connectivity index (χ3v) is 5.31. The van der Waals surface area contributed by atoms with Gasteiger partial charge in [0.15, 0.2) is 5.96 Å². The molecule has 3 aromatic rings. The first-order chi connectivity index (χ1) is 12.2. The van der Waals surface area contributed by atoms with Crippen molar-refractivity contribution in [1.82, 2.24) is 15.6 Å². The minimum absolute atomic E-state index is 0. The van der Waals surface area contributed by atoms with Crippen molar-refractivity contribution < 1.29 is 0 Å². The van der Waals surface area contributed by atoms with Crippen molar-refractivity contribution >= 4 is 52.2 Å². The van der Waals surface area contributed by atoms with Crippen LogP contribution in [0.2, 0.25) is 0 Å². The number of benzene rings is 1. The Morgan fingerprint density at radius 1 is 1.23 bits per heavy atom. The summed E-state index contributed by atoms with van der Waals surface area (Å²) in [5.41, 5.74) is 5.21. The molecule has 3 rings (SSSR count). The number of hydrogen-bond donors (Lipinski definition) is 3. The van der Waals surface area contributed by atoms with E-state index < -0.39 is 0 Å². The molecule has 0 saturated heterocycles. The Kier molecular flexibility index (Phi) is 7.96. The van der Waals surface area contributed by atoms with E-state index in [4.69, 9.17) is 0 Å². The lowest BCUT2D eigenvalue weighted by Gasteiger charge is -2.15. The molecule has 0 aliphatic rings. The van der Waals surface area contributed by atoms with Gasteiger partial charge >= 0.3 is 0 Å². The zero-order valence-electron chi connectivity index (χ0n) is 15.5. The molecule has 3 N–H and O–H groups in total. The van der Waals surface area contributed by atoms with E-state index in [1.807, 2.05) is 7.05 Å². The molecule has 0 radical (unpaired) electrons. The Hall–Kier alpha value is -1.54. The number of aromatic nitrogens is 1. The van der Waals surface area contributed by atoms with Crippen molar-refractivity contribution in [1.29, 1.82) is 0 Å². The molecule has 6 heteroatoms. The van der Waals surface area contributed by atoms with E-state index in [1.165, 1.54) is 27.7 Å². The molecule has 140 valence electrons. The third kappa shape index (κ3) is 5.01. The van der Waals surface area contributed by atoms with Crippen LogP contribution in [0.15, 0.2) is 46.1 Å².